The molecule has 0 fully saturated rings. The fraction of sp³-hybridized carbons (Fsp3) is 0. The predicted octanol–water partition coefficient (Wildman–Crippen LogP) is 12.4. The van der Waals surface area contributed by atoms with E-state index in [-0.39, 0.29) is 0 Å². The number of anilines is 2. The highest BCUT2D eigenvalue weighted by Crippen LogP contribution is 2.66. The average Bonchev–Trinajstić information content (AvgIpc) is 3.21. The van der Waals surface area contributed by atoms with Gasteiger partial charge in [0.2, 0.25) is 7.29 Å². The second kappa shape index (κ2) is 11.7. The van der Waals surface area contributed by atoms with E-state index in [1.165, 1.54) is 22.3 Å². The third-order valence-corrected chi connectivity index (χ3v) is 13.5. The van der Waals surface area contributed by atoms with Gasteiger partial charge in [0.05, 0.1) is 11.4 Å². The summed E-state index contributed by atoms with van der Waals surface area (Å²) < 4.78 is 18.1. The summed E-state index contributed by atoms with van der Waals surface area (Å²) in [5, 5.41) is 1.76. The van der Waals surface area contributed by atoms with E-state index in [9.17, 15) is 0 Å². The van der Waals surface area contributed by atoms with E-state index in [0.717, 1.165) is 66.5 Å². The van der Waals surface area contributed by atoms with Gasteiger partial charge in [-0.15, -0.1) is 0 Å². The van der Waals surface area contributed by atoms with Crippen molar-refractivity contribution >= 4 is 29.3 Å². The summed E-state index contributed by atoms with van der Waals surface area (Å²) in [4.78, 5) is 0. The van der Waals surface area contributed by atoms with E-state index in [2.05, 4.69) is 175 Å². The Morgan fingerprint density at radius 1 is 0.294 bits per heavy atom. The van der Waals surface area contributed by atoms with Crippen molar-refractivity contribution < 1.29 is 4.57 Å². The lowest BCUT2D eigenvalue weighted by Crippen LogP contribution is -2.37. The van der Waals surface area contributed by atoms with E-state index in [1.54, 1.807) is 0 Å². The quantitative estimate of drug-likeness (QED) is 0.174. The summed E-state index contributed by atoms with van der Waals surface area (Å²) in [6.07, 6.45) is 0. The van der Waals surface area contributed by atoms with E-state index < -0.39 is 7.29 Å². The van der Waals surface area contributed by atoms with Crippen LogP contribution in [0.25, 0.3) is 66.8 Å². The summed E-state index contributed by atoms with van der Waals surface area (Å²) in [5.74, 6) is 0. The molecular formula is C48H32NOP. The highest BCUT2D eigenvalue weighted by atomic mass is 31.2. The van der Waals surface area contributed by atoms with Crippen molar-refractivity contribution in [3.8, 4) is 66.8 Å². The molecule has 240 valence electrons. The van der Waals surface area contributed by atoms with Crippen LogP contribution in [-0.2, 0) is 4.57 Å². The molecule has 0 radical (unpaired) electrons. The summed E-state index contributed by atoms with van der Waals surface area (Å²) in [7, 11) is -3.28. The monoisotopic (exact) mass is 669 g/mol. The number of hydrogen-bond donors (Lipinski definition) is 0. The van der Waals surface area contributed by atoms with E-state index in [0.29, 0.717) is 0 Å². The van der Waals surface area contributed by atoms with Crippen molar-refractivity contribution in [1.29, 1.82) is 0 Å². The van der Waals surface area contributed by atoms with Crippen LogP contribution in [0.1, 0.15) is 0 Å². The van der Waals surface area contributed by atoms with Crippen molar-refractivity contribution in [3.63, 3.8) is 0 Å². The number of nitrogens with zero attached hydrogens (tertiary/aromatic N) is 1. The van der Waals surface area contributed by atoms with Gasteiger partial charge in [0, 0.05) is 21.7 Å². The summed E-state index contributed by atoms with van der Waals surface area (Å²) in [5.41, 5.74) is 15.5. The molecule has 0 unspecified atom stereocenters. The Morgan fingerprint density at radius 2 is 0.608 bits per heavy atom. The molecule has 0 saturated heterocycles. The van der Waals surface area contributed by atoms with E-state index in [4.69, 9.17) is 0 Å². The standard InChI is InChI=1S/C48H32NOP/c50-51-47-17-9-7-15-41(47)43-31-39(37-23-19-35(20-24-37)33-11-3-1-4-12-33)27-29-45(43)49(51)46-30-28-40(32-44(46)42-16-8-10-18-48(42)51)38-25-21-36(22-26-38)34-13-5-2-6-14-34/h1-32H. The smallest absolute Gasteiger partial charge is 0.235 e. The normalized spacial score (nSPS) is 13.3. The molecule has 0 aromatic heterocycles. The van der Waals surface area contributed by atoms with Crippen LogP contribution in [0.2, 0.25) is 0 Å². The van der Waals surface area contributed by atoms with Crippen LogP contribution < -0.4 is 15.3 Å². The van der Waals surface area contributed by atoms with E-state index in [1.807, 2.05) is 24.3 Å². The van der Waals surface area contributed by atoms with Crippen LogP contribution in [0, 0.1) is 0 Å². The number of fused-ring (bicyclic) bond motifs is 11. The first-order chi connectivity index (χ1) is 25.2. The Kier molecular flexibility index (Phi) is 6.81. The van der Waals surface area contributed by atoms with Crippen LogP contribution in [0.4, 0.5) is 11.4 Å². The van der Waals surface area contributed by atoms with Crippen LogP contribution >= 0.6 is 7.29 Å². The fourth-order valence-electron chi connectivity index (χ4n) is 7.91. The lowest BCUT2D eigenvalue weighted by molar-refractivity contribution is 0.586. The summed E-state index contributed by atoms with van der Waals surface area (Å²) >= 11 is 0. The first-order valence-electron chi connectivity index (χ1n) is 17.4. The molecular weight excluding hydrogens is 638 g/mol. The van der Waals surface area contributed by atoms with Gasteiger partial charge in [0.15, 0.2) is 0 Å². The molecule has 2 heterocycles. The third kappa shape index (κ3) is 4.68. The maximum absolute atomic E-state index is 16.0. The van der Waals surface area contributed by atoms with Gasteiger partial charge in [0.25, 0.3) is 0 Å². The molecule has 0 aliphatic carbocycles. The molecule has 0 N–H and O–H groups in total. The fourth-order valence-corrected chi connectivity index (χ4v) is 11.2. The Labute approximate surface area is 298 Å². The number of rotatable bonds is 4. The van der Waals surface area contributed by atoms with E-state index >= 15 is 4.57 Å². The molecule has 0 spiro atoms. The second-order valence-corrected chi connectivity index (χ2v) is 15.8. The van der Waals surface area contributed by atoms with Crippen molar-refractivity contribution in [3.05, 3.63) is 194 Å². The topological polar surface area (TPSA) is 20.3 Å². The van der Waals surface area contributed by atoms with Crippen molar-refractivity contribution in [2.75, 3.05) is 4.67 Å². The molecule has 0 amide bonds. The SMILES string of the molecule is O=P12c3ccccc3-c3cc(-c4ccc(-c5ccccc5)cc4)ccc3N1c1ccc(-c3ccc(-c4ccccc4)cc3)cc1-c1ccccc12. The first-order valence-corrected chi connectivity index (χ1v) is 19.0. The Morgan fingerprint density at radius 3 is 1.02 bits per heavy atom. The van der Waals surface area contributed by atoms with Crippen LogP contribution in [0.15, 0.2) is 194 Å². The van der Waals surface area contributed by atoms with Crippen molar-refractivity contribution in [1.82, 2.24) is 0 Å². The van der Waals surface area contributed by atoms with Gasteiger partial charge < -0.3 is 0 Å². The minimum absolute atomic E-state index is 0.882. The van der Waals surface area contributed by atoms with Gasteiger partial charge in [-0.3, -0.25) is 9.24 Å². The summed E-state index contributed by atoms with van der Waals surface area (Å²) in [6, 6.07) is 68.3. The molecule has 8 aromatic carbocycles. The van der Waals surface area contributed by atoms with Crippen LogP contribution in [-0.4, -0.2) is 0 Å². The molecule has 0 bridgehead atoms. The summed E-state index contributed by atoms with van der Waals surface area (Å²) in [6.45, 7) is 0. The van der Waals surface area contributed by atoms with Gasteiger partial charge >= 0.3 is 0 Å². The lowest BCUT2D eigenvalue weighted by atomic mass is 9.94. The minimum Gasteiger partial charge on any atom is -0.289 e. The van der Waals surface area contributed by atoms with Crippen LogP contribution in [0.3, 0.4) is 0 Å². The predicted molar refractivity (Wildman–Crippen MR) is 215 cm³/mol. The Hall–Kier alpha value is -6.21. The molecule has 51 heavy (non-hydrogen) atoms. The van der Waals surface area contributed by atoms with Crippen molar-refractivity contribution in [2.45, 2.75) is 0 Å². The second-order valence-electron chi connectivity index (χ2n) is 13.3. The molecule has 0 saturated carbocycles. The maximum Gasteiger partial charge on any atom is 0.235 e. The number of hydrogen-bond acceptors (Lipinski definition) is 1. The first kappa shape index (κ1) is 29.7. The lowest BCUT2D eigenvalue weighted by Gasteiger charge is -2.44. The molecule has 10 rings (SSSR count). The van der Waals surface area contributed by atoms with Gasteiger partial charge in [-0.25, -0.2) is 0 Å². The molecule has 0 atom stereocenters. The molecule has 2 aliphatic rings. The van der Waals surface area contributed by atoms with Crippen LogP contribution in [0.5, 0.6) is 0 Å². The molecule has 2 nitrogen and oxygen atoms in total. The molecule has 3 heteroatoms. The zero-order chi connectivity index (χ0) is 33.9. The largest absolute Gasteiger partial charge is 0.289 e. The number of benzene rings is 8. The highest BCUT2D eigenvalue weighted by molar-refractivity contribution is 7.81. The van der Waals surface area contributed by atoms with Gasteiger partial charge in [0.1, 0.15) is 0 Å². The Balaban J connectivity index is 1.11. The minimum atomic E-state index is -3.28. The van der Waals surface area contributed by atoms with Crippen molar-refractivity contribution in [2.24, 2.45) is 0 Å². The third-order valence-electron chi connectivity index (χ3n) is 10.4. The highest BCUT2D eigenvalue weighted by Gasteiger charge is 2.47. The average molecular weight is 670 g/mol. The van der Waals surface area contributed by atoms with Gasteiger partial charge in [-0.2, -0.15) is 0 Å². The van der Waals surface area contributed by atoms with Gasteiger partial charge in [-0.05, 0) is 92.0 Å². The zero-order valence-corrected chi connectivity index (χ0v) is 28.7. The molecule has 8 aromatic rings. The Bertz CT molecular complexity index is 2460. The maximum atomic E-state index is 16.0. The molecule has 2 aliphatic heterocycles. The van der Waals surface area contributed by atoms with Gasteiger partial charge in [-0.1, -0.05) is 158 Å². The zero-order valence-electron chi connectivity index (χ0n) is 27.8.